The summed E-state index contributed by atoms with van der Waals surface area (Å²) in [5, 5.41) is 9.10. The van der Waals surface area contributed by atoms with Gasteiger partial charge in [-0.25, -0.2) is 14.8 Å². The van der Waals surface area contributed by atoms with Gasteiger partial charge < -0.3 is 10.6 Å². The first kappa shape index (κ1) is 18.8. The van der Waals surface area contributed by atoms with Crippen LogP contribution in [-0.4, -0.2) is 33.5 Å². The zero-order valence-corrected chi connectivity index (χ0v) is 17.4. The quantitative estimate of drug-likeness (QED) is 0.712. The summed E-state index contributed by atoms with van der Waals surface area (Å²) >= 11 is 0. The molecule has 4 aliphatic rings. The molecular weight excluding hydrogens is 390 g/mol. The van der Waals surface area contributed by atoms with Crippen LogP contribution in [0.5, 0.6) is 0 Å². The van der Waals surface area contributed by atoms with E-state index in [1.54, 1.807) is 0 Å². The maximum absolute atomic E-state index is 12.9. The maximum atomic E-state index is 12.9. The molecule has 160 valence electrons. The molecule has 2 unspecified atom stereocenters. The van der Waals surface area contributed by atoms with Crippen LogP contribution in [0.2, 0.25) is 0 Å². The van der Waals surface area contributed by atoms with Gasteiger partial charge in [0.25, 0.3) is 5.91 Å². The van der Waals surface area contributed by atoms with Crippen LogP contribution in [0.1, 0.15) is 53.7 Å². The lowest BCUT2D eigenvalue weighted by atomic mass is 9.85. The van der Waals surface area contributed by atoms with Gasteiger partial charge in [-0.15, -0.1) is 0 Å². The maximum Gasteiger partial charge on any atom is 0.320 e. The summed E-state index contributed by atoms with van der Waals surface area (Å²) in [6.45, 7) is 0. The minimum Gasteiger partial charge on any atom is -0.347 e. The van der Waals surface area contributed by atoms with Crippen LogP contribution < -0.4 is 16.0 Å². The van der Waals surface area contributed by atoms with E-state index in [4.69, 9.17) is 0 Å². The second-order valence-electron chi connectivity index (χ2n) is 9.83. The fourth-order valence-corrected chi connectivity index (χ4v) is 6.83. The summed E-state index contributed by atoms with van der Waals surface area (Å²) < 4.78 is 0. The average Bonchev–Trinajstić information content (AvgIpc) is 3.45. The highest BCUT2D eigenvalue weighted by atomic mass is 16.2. The largest absolute Gasteiger partial charge is 0.347 e. The van der Waals surface area contributed by atoms with Crippen molar-refractivity contribution >= 4 is 17.8 Å². The number of carbonyl (C=O) groups excluding carboxylic acids is 2. The number of anilines is 1. The van der Waals surface area contributed by atoms with E-state index in [-0.39, 0.29) is 35.0 Å². The number of fused-ring (bicyclic) bond motifs is 2. The number of rotatable bonds is 4. The summed E-state index contributed by atoms with van der Waals surface area (Å²) in [5.74, 6) is 2.23. The van der Waals surface area contributed by atoms with Crippen LogP contribution in [0, 0.1) is 17.8 Å². The van der Waals surface area contributed by atoms with Crippen LogP contribution in [0.25, 0.3) is 0 Å². The Labute approximate surface area is 181 Å². The average molecular weight is 418 g/mol. The van der Waals surface area contributed by atoms with Crippen molar-refractivity contribution in [3.05, 3.63) is 53.5 Å². The molecule has 0 spiro atoms. The lowest BCUT2D eigenvalue weighted by Crippen LogP contribution is -2.48. The SMILES string of the molecule is O=C(Nc1nccnc1C(=O)NC1Cc2ccccc2C1)NC12CC3CCC(C1)C3C2. The second kappa shape index (κ2) is 7.04. The third kappa shape index (κ3) is 3.27. The van der Waals surface area contributed by atoms with Crippen molar-refractivity contribution in [3.63, 3.8) is 0 Å². The highest BCUT2D eigenvalue weighted by molar-refractivity contribution is 6.01. The van der Waals surface area contributed by atoms with Gasteiger partial charge in [-0.2, -0.15) is 0 Å². The molecule has 3 saturated carbocycles. The summed E-state index contributed by atoms with van der Waals surface area (Å²) in [6, 6.07) is 7.98. The van der Waals surface area contributed by atoms with Gasteiger partial charge in [-0.3, -0.25) is 10.1 Å². The van der Waals surface area contributed by atoms with Crippen LogP contribution in [-0.2, 0) is 12.8 Å². The van der Waals surface area contributed by atoms with Crippen LogP contribution in [0.15, 0.2) is 36.7 Å². The Balaban J connectivity index is 1.12. The molecule has 0 aliphatic heterocycles. The normalized spacial score (nSPS) is 30.3. The van der Waals surface area contributed by atoms with E-state index >= 15 is 0 Å². The summed E-state index contributed by atoms with van der Waals surface area (Å²) in [5.41, 5.74) is 2.61. The Morgan fingerprint density at radius 3 is 2.29 bits per heavy atom. The third-order valence-corrected chi connectivity index (χ3v) is 7.96. The van der Waals surface area contributed by atoms with E-state index in [0.717, 1.165) is 49.9 Å². The number of benzene rings is 1. The Kier molecular flexibility index (Phi) is 4.26. The number of amides is 3. The molecule has 1 aromatic carbocycles. The van der Waals surface area contributed by atoms with Gasteiger partial charge in [0.1, 0.15) is 0 Å². The van der Waals surface area contributed by atoms with Gasteiger partial charge in [-0.05, 0) is 73.8 Å². The Bertz CT molecular complexity index is 1010. The van der Waals surface area contributed by atoms with Crippen LogP contribution in [0.4, 0.5) is 10.6 Å². The first-order valence-electron chi connectivity index (χ1n) is 11.4. The van der Waals surface area contributed by atoms with E-state index in [1.165, 1.54) is 36.4 Å². The molecule has 2 bridgehead atoms. The van der Waals surface area contributed by atoms with Gasteiger partial charge in [0, 0.05) is 24.0 Å². The minimum absolute atomic E-state index is 0.0249. The molecular formula is C24H27N5O2. The predicted octanol–water partition coefficient (Wildman–Crippen LogP) is 3.07. The molecule has 2 atom stereocenters. The molecule has 3 amide bonds. The standard InChI is InChI=1S/C24H27N5O2/c30-22(27-18-9-14-3-1-2-4-15(14)10-18)20-21(26-8-7-25-20)28-23(31)29-24-11-16-5-6-17(12-24)19(16)13-24/h1-4,7-8,16-19H,5-6,9-13H2,(H,27,30)(H2,26,28,29,31). The van der Waals surface area contributed by atoms with E-state index in [9.17, 15) is 9.59 Å². The van der Waals surface area contributed by atoms with Gasteiger partial charge >= 0.3 is 6.03 Å². The third-order valence-electron chi connectivity index (χ3n) is 7.96. The van der Waals surface area contributed by atoms with Crippen molar-refractivity contribution in [1.29, 1.82) is 0 Å². The van der Waals surface area contributed by atoms with Crippen molar-refractivity contribution in [3.8, 4) is 0 Å². The van der Waals surface area contributed by atoms with Crippen molar-refractivity contribution in [2.24, 2.45) is 17.8 Å². The smallest absolute Gasteiger partial charge is 0.320 e. The Morgan fingerprint density at radius 1 is 0.935 bits per heavy atom. The summed E-state index contributed by atoms with van der Waals surface area (Å²) in [4.78, 5) is 34.2. The van der Waals surface area contributed by atoms with Crippen molar-refractivity contribution in [2.75, 3.05) is 5.32 Å². The topological polar surface area (TPSA) is 96.0 Å². The molecule has 1 heterocycles. The monoisotopic (exact) mass is 417 g/mol. The van der Waals surface area contributed by atoms with Gasteiger partial charge in [0.15, 0.2) is 11.5 Å². The van der Waals surface area contributed by atoms with Gasteiger partial charge in [0.05, 0.1) is 0 Å². The lowest BCUT2D eigenvalue weighted by Gasteiger charge is -2.30. The number of hydrogen-bond donors (Lipinski definition) is 3. The molecule has 3 fully saturated rings. The highest BCUT2D eigenvalue weighted by Gasteiger charge is 2.58. The highest BCUT2D eigenvalue weighted by Crippen LogP contribution is 2.61. The fourth-order valence-electron chi connectivity index (χ4n) is 6.83. The van der Waals surface area contributed by atoms with Crippen molar-refractivity contribution in [2.45, 2.75) is 56.5 Å². The molecule has 6 rings (SSSR count). The number of nitrogens with zero attached hydrogens (tertiary/aromatic N) is 2. The molecule has 7 heteroatoms. The number of carbonyl (C=O) groups is 2. The molecule has 0 radical (unpaired) electrons. The molecule has 7 nitrogen and oxygen atoms in total. The number of aromatic nitrogens is 2. The fraction of sp³-hybridized carbons (Fsp3) is 0.500. The van der Waals surface area contributed by atoms with Gasteiger partial charge in [-0.1, -0.05) is 24.3 Å². The van der Waals surface area contributed by atoms with Crippen molar-refractivity contribution < 1.29 is 9.59 Å². The second-order valence-corrected chi connectivity index (χ2v) is 9.83. The molecule has 4 aliphatic carbocycles. The minimum atomic E-state index is -0.306. The molecule has 2 aromatic rings. The lowest BCUT2D eigenvalue weighted by molar-refractivity contribution is 0.0934. The zero-order chi connectivity index (χ0) is 21.0. The first-order valence-corrected chi connectivity index (χ1v) is 11.4. The van der Waals surface area contributed by atoms with E-state index < -0.39 is 0 Å². The van der Waals surface area contributed by atoms with E-state index in [0.29, 0.717) is 0 Å². The van der Waals surface area contributed by atoms with Crippen molar-refractivity contribution in [1.82, 2.24) is 20.6 Å². The Hall–Kier alpha value is -2.96. The molecule has 1 aromatic heterocycles. The molecule has 3 N–H and O–H groups in total. The number of hydrogen-bond acceptors (Lipinski definition) is 4. The molecule has 31 heavy (non-hydrogen) atoms. The summed E-state index contributed by atoms with van der Waals surface area (Å²) in [7, 11) is 0. The van der Waals surface area contributed by atoms with Crippen LogP contribution in [0.3, 0.4) is 0 Å². The van der Waals surface area contributed by atoms with E-state index in [2.05, 4.69) is 38.1 Å². The predicted molar refractivity (Wildman–Crippen MR) is 116 cm³/mol. The Morgan fingerprint density at radius 2 is 1.61 bits per heavy atom. The van der Waals surface area contributed by atoms with E-state index in [1.807, 2.05) is 12.1 Å². The molecule has 0 saturated heterocycles. The zero-order valence-electron chi connectivity index (χ0n) is 17.4. The first-order chi connectivity index (χ1) is 15.1. The van der Waals surface area contributed by atoms with Crippen LogP contribution >= 0.6 is 0 Å². The number of nitrogens with one attached hydrogen (secondary N) is 3. The summed E-state index contributed by atoms with van der Waals surface area (Å²) in [6.07, 6.45) is 10.4. The number of urea groups is 1. The van der Waals surface area contributed by atoms with Gasteiger partial charge in [0.2, 0.25) is 0 Å².